The van der Waals surface area contributed by atoms with Crippen molar-refractivity contribution in [1.82, 2.24) is 9.55 Å². The van der Waals surface area contributed by atoms with Crippen molar-refractivity contribution in [2.75, 3.05) is 0 Å². The SMILES string of the molecule is CCCC1CCC(N)C(n2ccnc2-c2cccs2)C1. The summed E-state index contributed by atoms with van der Waals surface area (Å²) in [5, 5.41) is 2.11. The Morgan fingerprint density at radius 2 is 2.35 bits per heavy atom. The zero-order valence-electron chi connectivity index (χ0n) is 12.0. The molecule has 20 heavy (non-hydrogen) atoms. The van der Waals surface area contributed by atoms with Crippen molar-refractivity contribution in [3.8, 4) is 10.7 Å². The van der Waals surface area contributed by atoms with Gasteiger partial charge in [-0.25, -0.2) is 4.98 Å². The number of hydrogen-bond acceptors (Lipinski definition) is 3. The number of imidazole rings is 1. The molecule has 0 aliphatic heterocycles. The lowest BCUT2D eigenvalue weighted by Crippen LogP contribution is -2.37. The molecule has 2 aromatic heterocycles. The summed E-state index contributed by atoms with van der Waals surface area (Å²) in [4.78, 5) is 5.79. The third-order valence-corrected chi connectivity index (χ3v) is 5.31. The van der Waals surface area contributed by atoms with Gasteiger partial charge in [0.05, 0.1) is 10.9 Å². The van der Waals surface area contributed by atoms with Crippen LogP contribution in [0.25, 0.3) is 10.7 Å². The van der Waals surface area contributed by atoms with E-state index >= 15 is 0 Å². The van der Waals surface area contributed by atoms with Crippen molar-refractivity contribution in [1.29, 1.82) is 0 Å². The Kier molecular flexibility index (Phi) is 4.22. The predicted octanol–water partition coefficient (Wildman–Crippen LogP) is 4.08. The van der Waals surface area contributed by atoms with E-state index in [-0.39, 0.29) is 6.04 Å². The number of aromatic nitrogens is 2. The first-order valence-electron chi connectivity index (χ1n) is 7.62. The highest BCUT2D eigenvalue weighted by atomic mass is 32.1. The predicted molar refractivity (Wildman–Crippen MR) is 84.8 cm³/mol. The fraction of sp³-hybridized carbons (Fsp3) is 0.562. The van der Waals surface area contributed by atoms with E-state index in [0.717, 1.165) is 18.2 Å². The number of nitrogens with two attached hydrogens (primary N) is 1. The maximum atomic E-state index is 6.41. The molecular formula is C16H23N3S. The second-order valence-corrected chi connectivity index (χ2v) is 6.78. The van der Waals surface area contributed by atoms with Crippen LogP contribution in [0.4, 0.5) is 0 Å². The van der Waals surface area contributed by atoms with E-state index in [2.05, 4.69) is 40.2 Å². The Labute approximate surface area is 124 Å². The Bertz CT molecular complexity index is 532. The second-order valence-electron chi connectivity index (χ2n) is 5.83. The van der Waals surface area contributed by atoms with E-state index < -0.39 is 0 Å². The molecule has 1 aliphatic carbocycles. The Morgan fingerprint density at radius 3 is 3.10 bits per heavy atom. The molecule has 0 radical (unpaired) electrons. The Morgan fingerprint density at radius 1 is 1.45 bits per heavy atom. The molecule has 0 amide bonds. The topological polar surface area (TPSA) is 43.8 Å². The number of rotatable bonds is 4. The van der Waals surface area contributed by atoms with E-state index in [1.165, 1.54) is 30.6 Å². The molecule has 108 valence electrons. The maximum absolute atomic E-state index is 6.41. The molecule has 3 unspecified atom stereocenters. The van der Waals surface area contributed by atoms with Crippen LogP contribution in [0.15, 0.2) is 29.9 Å². The van der Waals surface area contributed by atoms with Gasteiger partial charge < -0.3 is 10.3 Å². The van der Waals surface area contributed by atoms with Crippen LogP contribution in [0.5, 0.6) is 0 Å². The van der Waals surface area contributed by atoms with E-state index in [1.807, 2.05) is 6.20 Å². The van der Waals surface area contributed by atoms with Crippen LogP contribution in [0, 0.1) is 5.92 Å². The summed E-state index contributed by atoms with van der Waals surface area (Å²) in [7, 11) is 0. The monoisotopic (exact) mass is 289 g/mol. The largest absolute Gasteiger partial charge is 0.326 e. The lowest BCUT2D eigenvalue weighted by molar-refractivity contribution is 0.226. The van der Waals surface area contributed by atoms with Crippen molar-refractivity contribution < 1.29 is 0 Å². The Hall–Kier alpha value is -1.13. The summed E-state index contributed by atoms with van der Waals surface area (Å²) >= 11 is 1.75. The van der Waals surface area contributed by atoms with Gasteiger partial charge in [0.15, 0.2) is 0 Å². The van der Waals surface area contributed by atoms with Gasteiger partial charge in [-0.3, -0.25) is 0 Å². The molecule has 2 heterocycles. The van der Waals surface area contributed by atoms with Gasteiger partial charge in [0.2, 0.25) is 0 Å². The van der Waals surface area contributed by atoms with E-state index in [1.54, 1.807) is 11.3 Å². The molecule has 4 heteroatoms. The highest BCUT2D eigenvalue weighted by Gasteiger charge is 2.30. The third-order valence-electron chi connectivity index (χ3n) is 4.44. The number of thiophene rings is 1. The second kappa shape index (κ2) is 6.10. The van der Waals surface area contributed by atoms with Gasteiger partial charge in [0.1, 0.15) is 5.82 Å². The van der Waals surface area contributed by atoms with Gasteiger partial charge in [-0.05, 0) is 36.6 Å². The molecule has 3 nitrogen and oxygen atoms in total. The van der Waals surface area contributed by atoms with Gasteiger partial charge in [0.25, 0.3) is 0 Å². The molecule has 0 bridgehead atoms. The standard InChI is InChI=1S/C16H23N3S/c1-2-4-12-6-7-13(17)14(11-12)19-9-8-18-16(19)15-5-3-10-20-15/h3,5,8-10,12-14H,2,4,6-7,11,17H2,1H3. The van der Waals surface area contributed by atoms with Crippen LogP contribution in [0.2, 0.25) is 0 Å². The fourth-order valence-electron chi connectivity index (χ4n) is 3.42. The van der Waals surface area contributed by atoms with E-state index in [0.29, 0.717) is 6.04 Å². The summed E-state index contributed by atoms with van der Waals surface area (Å²) in [6, 6.07) is 4.89. The number of hydrogen-bond donors (Lipinski definition) is 1. The van der Waals surface area contributed by atoms with Crippen molar-refractivity contribution >= 4 is 11.3 Å². The third kappa shape index (κ3) is 2.67. The average Bonchev–Trinajstić information content (AvgIpc) is 3.10. The van der Waals surface area contributed by atoms with Gasteiger partial charge in [-0.1, -0.05) is 25.8 Å². The summed E-state index contributed by atoms with van der Waals surface area (Å²) in [5.74, 6) is 1.90. The van der Waals surface area contributed by atoms with Crippen LogP contribution in [-0.4, -0.2) is 15.6 Å². The highest BCUT2D eigenvalue weighted by molar-refractivity contribution is 7.13. The van der Waals surface area contributed by atoms with E-state index in [9.17, 15) is 0 Å². The molecule has 2 aromatic rings. The minimum Gasteiger partial charge on any atom is -0.326 e. The molecule has 3 atom stereocenters. The first-order valence-corrected chi connectivity index (χ1v) is 8.49. The van der Waals surface area contributed by atoms with Gasteiger partial charge in [0, 0.05) is 18.4 Å². The molecule has 0 spiro atoms. The molecule has 2 N–H and O–H groups in total. The lowest BCUT2D eigenvalue weighted by Gasteiger charge is -2.35. The van der Waals surface area contributed by atoms with Crippen LogP contribution in [0.1, 0.15) is 45.1 Å². The van der Waals surface area contributed by atoms with Gasteiger partial charge in [-0.15, -0.1) is 11.3 Å². The van der Waals surface area contributed by atoms with Gasteiger partial charge in [-0.2, -0.15) is 0 Å². The van der Waals surface area contributed by atoms with Crippen LogP contribution in [0.3, 0.4) is 0 Å². The van der Waals surface area contributed by atoms with Crippen molar-refractivity contribution in [3.05, 3.63) is 29.9 Å². The first-order chi connectivity index (χ1) is 9.79. The molecular weight excluding hydrogens is 266 g/mol. The van der Waals surface area contributed by atoms with Gasteiger partial charge >= 0.3 is 0 Å². The summed E-state index contributed by atoms with van der Waals surface area (Å²) in [6.45, 7) is 2.28. The quantitative estimate of drug-likeness (QED) is 0.921. The summed E-state index contributed by atoms with van der Waals surface area (Å²) in [5.41, 5.74) is 6.41. The highest BCUT2D eigenvalue weighted by Crippen LogP contribution is 2.37. The molecule has 0 aromatic carbocycles. The molecule has 1 aliphatic rings. The smallest absolute Gasteiger partial charge is 0.150 e. The van der Waals surface area contributed by atoms with E-state index in [4.69, 9.17) is 5.73 Å². The average molecular weight is 289 g/mol. The minimum atomic E-state index is 0.260. The van der Waals surface area contributed by atoms with Crippen molar-refractivity contribution in [2.45, 2.75) is 51.1 Å². The number of nitrogens with zero attached hydrogens (tertiary/aromatic N) is 2. The summed E-state index contributed by atoms with van der Waals surface area (Å²) < 4.78 is 2.32. The van der Waals surface area contributed by atoms with Crippen LogP contribution in [-0.2, 0) is 0 Å². The molecule has 3 rings (SSSR count). The van der Waals surface area contributed by atoms with Crippen molar-refractivity contribution in [2.24, 2.45) is 11.7 Å². The maximum Gasteiger partial charge on any atom is 0.150 e. The Balaban J connectivity index is 1.86. The zero-order valence-corrected chi connectivity index (χ0v) is 12.9. The fourth-order valence-corrected chi connectivity index (χ4v) is 4.15. The zero-order chi connectivity index (χ0) is 13.9. The lowest BCUT2D eigenvalue weighted by atomic mass is 9.80. The molecule has 0 saturated heterocycles. The first kappa shape index (κ1) is 13.8. The normalized spacial score (nSPS) is 26.8. The molecule has 1 saturated carbocycles. The minimum absolute atomic E-state index is 0.260. The van der Waals surface area contributed by atoms with Crippen LogP contribution < -0.4 is 5.73 Å². The molecule has 1 fully saturated rings. The van der Waals surface area contributed by atoms with Crippen molar-refractivity contribution in [3.63, 3.8) is 0 Å². The van der Waals surface area contributed by atoms with Crippen LogP contribution >= 0.6 is 11.3 Å². The summed E-state index contributed by atoms with van der Waals surface area (Å²) in [6.07, 6.45) is 10.2.